The maximum absolute atomic E-state index is 13.7. The van der Waals surface area contributed by atoms with Gasteiger partial charge in [-0.15, -0.1) is 11.3 Å². The highest BCUT2D eigenvalue weighted by Crippen LogP contribution is 2.42. The van der Waals surface area contributed by atoms with Gasteiger partial charge in [0.1, 0.15) is 19.8 Å². The summed E-state index contributed by atoms with van der Waals surface area (Å²) in [4.78, 5) is 16.5. The van der Waals surface area contributed by atoms with Gasteiger partial charge in [-0.05, 0) is 41.1 Å². The number of nitrogens with zero attached hydrogens (tertiary/aromatic N) is 2. The van der Waals surface area contributed by atoms with E-state index in [1.165, 1.54) is 15.6 Å². The van der Waals surface area contributed by atoms with Crippen molar-refractivity contribution in [3.8, 4) is 11.5 Å². The zero-order valence-electron chi connectivity index (χ0n) is 18.0. The molecule has 2 aliphatic heterocycles. The van der Waals surface area contributed by atoms with Gasteiger partial charge in [-0.1, -0.05) is 30.3 Å². The average molecular weight is 493 g/mol. The van der Waals surface area contributed by atoms with E-state index >= 15 is 0 Å². The Morgan fingerprint density at radius 3 is 2.56 bits per heavy atom. The molecule has 0 unspecified atom stereocenters. The number of benzene rings is 3. The van der Waals surface area contributed by atoms with E-state index in [9.17, 15) is 13.2 Å². The van der Waals surface area contributed by atoms with E-state index in [0.717, 1.165) is 10.3 Å². The Labute approximate surface area is 200 Å². The van der Waals surface area contributed by atoms with Gasteiger partial charge in [0.25, 0.3) is 10.0 Å². The standard InChI is InChI=1S/C25H20N2O5S2/c28-24(16-27-20-7-1-4-17-5-2-8-23(25(17)20)34(27,29)30)26(15-19-6-3-13-33-19)18-9-10-21-22(14-18)32-12-11-31-21/h1-10,13-14H,11-12,15-16H2. The molecule has 7 nitrogen and oxygen atoms in total. The molecule has 172 valence electrons. The van der Waals surface area contributed by atoms with Crippen LogP contribution in [0.3, 0.4) is 0 Å². The van der Waals surface area contributed by atoms with Crippen LogP contribution >= 0.6 is 11.3 Å². The molecule has 1 amide bonds. The molecule has 1 aromatic heterocycles. The Kier molecular flexibility index (Phi) is 4.96. The molecule has 0 saturated heterocycles. The summed E-state index contributed by atoms with van der Waals surface area (Å²) in [6, 6.07) is 19.9. The van der Waals surface area contributed by atoms with Crippen LogP contribution in [0.2, 0.25) is 0 Å². The molecule has 9 heteroatoms. The number of anilines is 2. The maximum atomic E-state index is 13.7. The molecule has 6 rings (SSSR count). The quantitative estimate of drug-likeness (QED) is 0.412. The molecule has 0 saturated carbocycles. The fraction of sp³-hybridized carbons (Fsp3) is 0.160. The molecule has 0 aliphatic carbocycles. The first kappa shape index (κ1) is 21.0. The van der Waals surface area contributed by atoms with Crippen molar-refractivity contribution in [1.29, 1.82) is 0 Å². The summed E-state index contributed by atoms with van der Waals surface area (Å²) in [5.41, 5.74) is 1.15. The largest absolute Gasteiger partial charge is 0.486 e. The minimum atomic E-state index is -3.84. The molecule has 0 spiro atoms. The lowest BCUT2D eigenvalue weighted by Crippen LogP contribution is -2.41. The lowest BCUT2D eigenvalue weighted by atomic mass is 10.1. The topological polar surface area (TPSA) is 76.2 Å². The number of carbonyl (C=O) groups excluding carboxylic acids is 1. The molecule has 0 radical (unpaired) electrons. The van der Waals surface area contributed by atoms with Crippen molar-refractivity contribution in [1.82, 2.24) is 0 Å². The number of fused-ring (bicyclic) bond motifs is 1. The van der Waals surface area contributed by atoms with Gasteiger partial charge in [0.05, 0.1) is 17.1 Å². The van der Waals surface area contributed by atoms with Crippen LogP contribution in [-0.2, 0) is 21.4 Å². The SMILES string of the molecule is O=C(CN1c2cccc3cccc(c23)S1(=O)=O)N(Cc1cccs1)c1ccc2c(c1)OCCO2. The van der Waals surface area contributed by atoms with Gasteiger partial charge < -0.3 is 14.4 Å². The van der Waals surface area contributed by atoms with Crippen LogP contribution in [0.5, 0.6) is 11.5 Å². The lowest BCUT2D eigenvalue weighted by Gasteiger charge is -2.27. The van der Waals surface area contributed by atoms with Crippen LogP contribution in [0.25, 0.3) is 10.8 Å². The van der Waals surface area contributed by atoms with E-state index < -0.39 is 10.0 Å². The molecule has 2 aliphatic rings. The van der Waals surface area contributed by atoms with Crippen molar-refractivity contribution in [2.75, 3.05) is 29.0 Å². The van der Waals surface area contributed by atoms with Crippen molar-refractivity contribution in [3.63, 3.8) is 0 Å². The van der Waals surface area contributed by atoms with E-state index in [0.29, 0.717) is 48.0 Å². The Bertz CT molecular complexity index is 1510. The second-order valence-corrected chi connectivity index (χ2v) is 10.9. The Hall–Kier alpha value is -3.56. The summed E-state index contributed by atoms with van der Waals surface area (Å²) in [5.74, 6) is 0.861. The highest BCUT2D eigenvalue weighted by molar-refractivity contribution is 7.93. The zero-order chi connectivity index (χ0) is 23.3. The molecule has 34 heavy (non-hydrogen) atoms. The van der Waals surface area contributed by atoms with Crippen molar-refractivity contribution < 1.29 is 22.7 Å². The predicted molar refractivity (Wildman–Crippen MR) is 131 cm³/mol. The number of thiophene rings is 1. The average Bonchev–Trinajstić information content (AvgIpc) is 3.44. The van der Waals surface area contributed by atoms with Gasteiger partial charge in [-0.2, -0.15) is 0 Å². The molecule has 0 bridgehead atoms. The van der Waals surface area contributed by atoms with E-state index in [2.05, 4.69) is 0 Å². The smallest absolute Gasteiger partial charge is 0.265 e. The van der Waals surface area contributed by atoms with Crippen LogP contribution < -0.4 is 18.7 Å². The number of hydrogen-bond acceptors (Lipinski definition) is 6. The third kappa shape index (κ3) is 3.39. The third-order valence-corrected chi connectivity index (χ3v) is 8.66. The first-order valence-corrected chi connectivity index (χ1v) is 13.1. The fourth-order valence-corrected chi connectivity index (χ4v) is 6.77. The van der Waals surface area contributed by atoms with Crippen molar-refractivity contribution in [2.24, 2.45) is 0 Å². The van der Waals surface area contributed by atoms with Gasteiger partial charge in [-0.3, -0.25) is 9.10 Å². The molecule has 3 heterocycles. The summed E-state index contributed by atoms with van der Waals surface area (Å²) in [6.45, 7) is 0.920. The van der Waals surface area contributed by atoms with Gasteiger partial charge in [0, 0.05) is 22.0 Å². The number of ether oxygens (including phenoxy) is 2. The van der Waals surface area contributed by atoms with Crippen molar-refractivity contribution >= 4 is 49.4 Å². The summed E-state index contributed by atoms with van der Waals surface area (Å²) in [7, 11) is -3.84. The monoisotopic (exact) mass is 492 g/mol. The molecular formula is C25H20N2O5S2. The van der Waals surface area contributed by atoms with E-state index in [-0.39, 0.29) is 17.3 Å². The lowest BCUT2D eigenvalue weighted by molar-refractivity contribution is -0.117. The molecule has 4 aromatic rings. The molecule has 3 aromatic carbocycles. The van der Waals surface area contributed by atoms with Crippen molar-refractivity contribution in [2.45, 2.75) is 11.4 Å². The van der Waals surface area contributed by atoms with Gasteiger partial charge in [0.2, 0.25) is 5.91 Å². The van der Waals surface area contributed by atoms with Gasteiger partial charge in [0.15, 0.2) is 11.5 Å². The summed E-state index contributed by atoms with van der Waals surface area (Å²) < 4.78 is 39.3. The number of carbonyl (C=O) groups is 1. The molecular weight excluding hydrogens is 472 g/mol. The Morgan fingerprint density at radius 2 is 1.76 bits per heavy atom. The normalized spacial score (nSPS) is 15.5. The highest BCUT2D eigenvalue weighted by Gasteiger charge is 2.37. The van der Waals surface area contributed by atoms with E-state index in [1.54, 1.807) is 41.3 Å². The molecule has 0 N–H and O–H groups in total. The first-order valence-electron chi connectivity index (χ1n) is 10.8. The van der Waals surface area contributed by atoms with Crippen LogP contribution in [0.1, 0.15) is 4.88 Å². The fourth-order valence-electron chi connectivity index (χ4n) is 4.42. The zero-order valence-corrected chi connectivity index (χ0v) is 19.6. The summed E-state index contributed by atoms with van der Waals surface area (Å²) in [6.07, 6.45) is 0. The highest BCUT2D eigenvalue weighted by atomic mass is 32.2. The second-order valence-electron chi connectivity index (χ2n) is 8.03. The Balaban J connectivity index is 1.38. The number of rotatable bonds is 5. The Morgan fingerprint density at radius 1 is 0.971 bits per heavy atom. The minimum absolute atomic E-state index is 0.234. The van der Waals surface area contributed by atoms with Gasteiger partial charge >= 0.3 is 0 Å². The molecule has 0 atom stereocenters. The van der Waals surface area contributed by atoms with Crippen LogP contribution in [0.4, 0.5) is 11.4 Å². The van der Waals surface area contributed by atoms with Crippen LogP contribution in [-0.4, -0.2) is 34.1 Å². The number of hydrogen-bond donors (Lipinski definition) is 0. The second kappa shape index (κ2) is 8.03. The first-order chi connectivity index (χ1) is 16.5. The van der Waals surface area contributed by atoms with Gasteiger partial charge in [-0.25, -0.2) is 8.42 Å². The minimum Gasteiger partial charge on any atom is -0.486 e. The summed E-state index contributed by atoms with van der Waals surface area (Å²) >= 11 is 1.54. The number of sulfonamides is 1. The third-order valence-electron chi connectivity index (χ3n) is 5.99. The van der Waals surface area contributed by atoms with Crippen molar-refractivity contribution in [3.05, 3.63) is 77.0 Å². The van der Waals surface area contributed by atoms with E-state index in [1.807, 2.05) is 35.7 Å². The predicted octanol–water partition coefficient (Wildman–Crippen LogP) is 4.41. The number of amides is 1. The summed E-state index contributed by atoms with van der Waals surface area (Å²) in [5, 5.41) is 3.43. The maximum Gasteiger partial charge on any atom is 0.265 e. The molecule has 0 fully saturated rings. The van der Waals surface area contributed by atoms with Crippen LogP contribution in [0, 0.1) is 0 Å². The van der Waals surface area contributed by atoms with E-state index in [4.69, 9.17) is 9.47 Å². The van der Waals surface area contributed by atoms with Crippen LogP contribution in [0.15, 0.2) is 77.0 Å².